The van der Waals surface area contributed by atoms with Gasteiger partial charge in [-0.2, -0.15) is 0 Å². The molecule has 0 spiro atoms. The fourth-order valence-electron chi connectivity index (χ4n) is 1.97. The number of ether oxygens (including phenoxy) is 2. The largest absolute Gasteiger partial charge is 0.484 e. The monoisotopic (exact) mass is 339 g/mol. The van der Waals surface area contributed by atoms with E-state index < -0.39 is 0 Å². The molecule has 0 aliphatic rings. The maximum atomic E-state index is 12.8. The molecule has 0 aliphatic heterocycles. The minimum atomic E-state index is -0.364. The van der Waals surface area contributed by atoms with E-state index in [-0.39, 0.29) is 18.3 Å². The standard InChI is InChI=1S/C18H14FN3O3/c19-13-4-6-15(7-5-13)24-12-17(23)22-14-2-1-3-16(10-14)25-18-11-20-8-9-21-18/h1-11H,12H2,(H,22,23). The Morgan fingerprint density at radius 3 is 2.68 bits per heavy atom. The molecule has 1 N–H and O–H groups in total. The average molecular weight is 339 g/mol. The number of amides is 1. The van der Waals surface area contributed by atoms with E-state index in [0.717, 1.165) is 0 Å². The van der Waals surface area contributed by atoms with Gasteiger partial charge in [0.2, 0.25) is 5.88 Å². The molecule has 25 heavy (non-hydrogen) atoms. The third-order valence-electron chi connectivity index (χ3n) is 3.06. The second kappa shape index (κ2) is 7.87. The molecule has 0 fully saturated rings. The molecule has 126 valence electrons. The summed E-state index contributed by atoms with van der Waals surface area (Å²) in [6.07, 6.45) is 4.56. The Kier molecular flexibility index (Phi) is 5.16. The molecular weight excluding hydrogens is 325 g/mol. The van der Waals surface area contributed by atoms with E-state index in [1.165, 1.54) is 36.7 Å². The highest BCUT2D eigenvalue weighted by Gasteiger charge is 2.06. The predicted octanol–water partition coefficient (Wildman–Crippen LogP) is 3.43. The van der Waals surface area contributed by atoms with Crippen LogP contribution in [-0.2, 0) is 4.79 Å². The van der Waals surface area contributed by atoms with E-state index in [9.17, 15) is 9.18 Å². The van der Waals surface area contributed by atoms with Crippen molar-refractivity contribution in [2.24, 2.45) is 0 Å². The Morgan fingerprint density at radius 1 is 1.08 bits per heavy atom. The smallest absolute Gasteiger partial charge is 0.262 e. The van der Waals surface area contributed by atoms with Crippen molar-refractivity contribution in [1.82, 2.24) is 9.97 Å². The SMILES string of the molecule is O=C(COc1ccc(F)cc1)Nc1cccc(Oc2cnccn2)c1. The summed E-state index contributed by atoms with van der Waals surface area (Å²) in [7, 11) is 0. The van der Waals surface area contributed by atoms with Crippen LogP contribution in [0.4, 0.5) is 10.1 Å². The van der Waals surface area contributed by atoms with Gasteiger partial charge in [0.25, 0.3) is 5.91 Å². The molecule has 0 saturated carbocycles. The van der Waals surface area contributed by atoms with Crippen LogP contribution in [0.2, 0.25) is 0 Å². The van der Waals surface area contributed by atoms with Crippen LogP contribution in [0.5, 0.6) is 17.4 Å². The summed E-state index contributed by atoms with van der Waals surface area (Å²) in [6, 6.07) is 12.3. The third-order valence-corrected chi connectivity index (χ3v) is 3.06. The summed E-state index contributed by atoms with van der Waals surface area (Å²) in [4.78, 5) is 19.9. The summed E-state index contributed by atoms with van der Waals surface area (Å²) in [6.45, 7) is -0.194. The Balaban J connectivity index is 1.56. The van der Waals surface area contributed by atoms with Crippen LogP contribution in [0.25, 0.3) is 0 Å². The van der Waals surface area contributed by atoms with Crippen LogP contribution < -0.4 is 14.8 Å². The van der Waals surface area contributed by atoms with Crippen molar-refractivity contribution < 1.29 is 18.7 Å². The molecule has 3 rings (SSSR count). The molecule has 0 radical (unpaired) electrons. The van der Waals surface area contributed by atoms with Gasteiger partial charge in [-0.15, -0.1) is 0 Å². The number of carbonyl (C=O) groups is 1. The van der Waals surface area contributed by atoms with Crippen molar-refractivity contribution in [3.8, 4) is 17.4 Å². The van der Waals surface area contributed by atoms with Crippen molar-refractivity contribution in [2.75, 3.05) is 11.9 Å². The van der Waals surface area contributed by atoms with Crippen molar-refractivity contribution in [3.63, 3.8) is 0 Å². The lowest BCUT2D eigenvalue weighted by Gasteiger charge is -2.09. The van der Waals surface area contributed by atoms with E-state index in [2.05, 4.69) is 15.3 Å². The van der Waals surface area contributed by atoms with E-state index in [1.807, 2.05) is 0 Å². The Labute approximate surface area is 143 Å². The molecule has 1 aromatic heterocycles. The van der Waals surface area contributed by atoms with Crippen LogP contribution in [0, 0.1) is 5.82 Å². The van der Waals surface area contributed by atoms with Gasteiger partial charge in [0.1, 0.15) is 17.3 Å². The first-order valence-corrected chi connectivity index (χ1v) is 7.41. The van der Waals surface area contributed by atoms with Gasteiger partial charge in [-0.25, -0.2) is 9.37 Å². The number of anilines is 1. The third kappa shape index (κ3) is 5.00. The molecule has 0 unspecified atom stereocenters. The molecular formula is C18H14FN3O3. The van der Waals surface area contributed by atoms with Gasteiger partial charge in [0, 0.05) is 24.1 Å². The van der Waals surface area contributed by atoms with Gasteiger partial charge < -0.3 is 14.8 Å². The highest BCUT2D eigenvalue weighted by atomic mass is 19.1. The van der Waals surface area contributed by atoms with Gasteiger partial charge in [-0.05, 0) is 36.4 Å². The molecule has 0 saturated heterocycles. The quantitative estimate of drug-likeness (QED) is 0.745. The normalized spacial score (nSPS) is 10.1. The number of aromatic nitrogens is 2. The number of nitrogens with one attached hydrogen (secondary N) is 1. The number of hydrogen-bond donors (Lipinski definition) is 1. The summed E-state index contributed by atoms with van der Waals surface area (Å²) in [5.74, 6) is 0.567. The van der Waals surface area contributed by atoms with Crippen LogP contribution in [0.1, 0.15) is 0 Å². The van der Waals surface area contributed by atoms with E-state index in [0.29, 0.717) is 23.1 Å². The first-order chi connectivity index (χ1) is 12.2. The number of rotatable bonds is 6. The minimum Gasteiger partial charge on any atom is -0.484 e. The molecule has 1 heterocycles. The molecule has 3 aromatic rings. The summed E-state index contributed by atoms with van der Waals surface area (Å²) < 4.78 is 23.7. The lowest BCUT2D eigenvalue weighted by Crippen LogP contribution is -2.20. The fourth-order valence-corrected chi connectivity index (χ4v) is 1.97. The maximum absolute atomic E-state index is 12.8. The summed E-state index contributed by atoms with van der Waals surface area (Å²) in [5, 5.41) is 2.70. The van der Waals surface area contributed by atoms with E-state index in [1.54, 1.807) is 30.5 Å². The van der Waals surface area contributed by atoms with Gasteiger partial charge >= 0.3 is 0 Å². The van der Waals surface area contributed by atoms with Crippen molar-refractivity contribution in [3.05, 3.63) is 72.9 Å². The second-order valence-corrected chi connectivity index (χ2v) is 4.96. The van der Waals surface area contributed by atoms with Crippen molar-refractivity contribution in [1.29, 1.82) is 0 Å². The molecule has 0 atom stereocenters. The predicted molar refractivity (Wildman–Crippen MR) is 89.1 cm³/mol. The first kappa shape index (κ1) is 16.4. The van der Waals surface area contributed by atoms with Gasteiger partial charge in [0.15, 0.2) is 6.61 Å². The Morgan fingerprint density at radius 2 is 1.92 bits per heavy atom. The van der Waals surface area contributed by atoms with Gasteiger partial charge in [-0.1, -0.05) is 6.07 Å². The molecule has 6 nitrogen and oxygen atoms in total. The molecule has 0 bridgehead atoms. The number of carbonyl (C=O) groups excluding carboxylic acids is 1. The van der Waals surface area contributed by atoms with Crippen LogP contribution in [0.3, 0.4) is 0 Å². The Bertz CT molecular complexity index is 842. The van der Waals surface area contributed by atoms with E-state index in [4.69, 9.17) is 9.47 Å². The maximum Gasteiger partial charge on any atom is 0.262 e. The zero-order chi connectivity index (χ0) is 17.5. The topological polar surface area (TPSA) is 73.3 Å². The molecule has 1 amide bonds. The van der Waals surface area contributed by atoms with Crippen molar-refractivity contribution in [2.45, 2.75) is 0 Å². The first-order valence-electron chi connectivity index (χ1n) is 7.41. The lowest BCUT2D eigenvalue weighted by atomic mass is 10.3. The lowest BCUT2D eigenvalue weighted by molar-refractivity contribution is -0.118. The molecule has 2 aromatic carbocycles. The Hall–Kier alpha value is -3.48. The highest BCUT2D eigenvalue weighted by Crippen LogP contribution is 2.22. The van der Waals surface area contributed by atoms with Crippen LogP contribution in [0.15, 0.2) is 67.1 Å². The second-order valence-electron chi connectivity index (χ2n) is 4.96. The zero-order valence-corrected chi connectivity index (χ0v) is 13.1. The van der Waals surface area contributed by atoms with Crippen LogP contribution in [-0.4, -0.2) is 22.5 Å². The minimum absolute atomic E-state index is 0.194. The average Bonchev–Trinajstić information content (AvgIpc) is 2.62. The summed E-state index contributed by atoms with van der Waals surface area (Å²) in [5.41, 5.74) is 0.550. The van der Waals surface area contributed by atoms with E-state index >= 15 is 0 Å². The van der Waals surface area contributed by atoms with Gasteiger partial charge in [-0.3, -0.25) is 9.78 Å². The summed E-state index contributed by atoms with van der Waals surface area (Å²) >= 11 is 0. The molecule has 7 heteroatoms. The number of nitrogens with zero attached hydrogens (tertiary/aromatic N) is 2. The van der Waals surface area contributed by atoms with Gasteiger partial charge in [0.05, 0.1) is 6.20 Å². The van der Waals surface area contributed by atoms with Crippen molar-refractivity contribution >= 4 is 11.6 Å². The highest BCUT2D eigenvalue weighted by molar-refractivity contribution is 5.92. The number of hydrogen-bond acceptors (Lipinski definition) is 5. The zero-order valence-electron chi connectivity index (χ0n) is 13.1. The van der Waals surface area contributed by atoms with Crippen LogP contribution >= 0.6 is 0 Å². The fraction of sp³-hybridized carbons (Fsp3) is 0.0556. The number of benzene rings is 2. The number of halogens is 1. The molecule has 0 aliphatic carbocycles.